The summed E-state index contributed by atoms with van der Waals surface area (Å²) in [6.07, 6.45) is -3.69. The quantitative estimate of drug-likeness (QED) is 0.888. The third-order valence-electron chi connectivity index (χ3n) is 4.38. The van der Waals surface area contributed by atoms with Gasteiger partial charge >= 0.3 is 6.18 Å². The molecule has 3 rings (SSSR count). The van der Waals surface area contributed by atoms with Gasteiger partial charge in [-0.15, -0.1) is 0 Å². The first-order valence-electron chi connectivity index (χ1n) is 8.40. The lowest BCUT2D eigenvalue weighted by Crippen LogP contribution is -2.43. The van der Waals surface area contributed by atoms with Crippen LogP contribution in [0.5, 0.6) is 0 Å². The van der Waals surface area contributed by atoms with Crippen LogP contribution in [0.15, 0.2) is 36.4 Å². The highest BCUT2D eigenvalue weighted by Gasteiger charge is 2.47. The minimum Gasteiger partial charge on any atom is -0.288 e. The summed E-state index contributed by atoms with van der Waals surface area (Å²) in [6.45, 7) is 4.14. The van der Waals surface area contributed by atoms with Crippen LogP contribution in [0.4, 0.5) is 13.2 Å². The summed E-state index contributed by atoms with van der Waals surface area (Å²) in [6, 6.07) is 8.89. The zero-order chi connectivity index (χ0) is 18.2. The van der Waals surface area contributed by atoms with Crippen molar-refractivity contribution < 1.29 is 18.0 Å². The number of hydrogen-bond donors (Lipinski definition) is 1. The Morgan fingerprint density at radius 1 is 1.20 bits per heavy atom. The summed E-state index contributed by atoms with van der Waals surface area (Å²) >= 11 is 0. The van der Waals surface area contributed by atoms with Crippen LogP contribution in [0, 0.1) is 5.92 Å². The van der Waals surface area contributed by atoms with Crippen LogP contribution in [-0.2, 0) is 11.2 Å². The summed E-state index contributed by atoms with van der Waals surface area (Å²) in [5, 5.41) is 2.77. The highest BCUT2D eigenvalue weighted by molar-refractivity contribution is 5.86. The number of fused-ring (bicyclic) bond motifs is 1. The molecule has 0 radical (unpaired) electrons. The van der Waals surface area contributed by atoms with Crippen molar-refractivity contribution in [2.45, 2.75) is 38.9 Å². The lowest BCUT2D eigenvalue weighted by molar-refractivity contribution is -0.191. The minimum atomic E-state index is -4.48. The van der Waals surface area contributed by atoms with Gasteiger partial charge in [0.1, 0.15) is 6.04 Å². The number of rotatable bonds is 4. The molecule has 1 aliphatic rings. The Morgan fingerprint density at radius 3 is 2.52 bits per heavy atom. The van der Waals surface area contributed by atoms with Gasteiger partial charge in [0, 0.05) is 13.0 Å². The Bertz CT molecular complexity index is 786. The molecule has 2 aromatic rings. The van der Waals surface area contributed by atoms with E-state index in [1.54, 1.807) is 12.1 Å². The number of benzene rings is 2. The number of hydrogen-bond acceptors (Lipinski definition) is 2. The van der Waals surface area contributed by atoms with Crippen molar-refractivity contribution in [3.8, 4) is 0 Å². The number of alkyl halides is 3. The first-order valence-corrected chi connectivity index (χ1v) is 8.40. The van der Waals surface area contributed by atoms with E-state index in [9.17, 15) is 18.0 Å². The molecule has 1 N–H and O–H groups in total. The maximum atomic E-state index is 13.8. The molecule has 25 heavy (non-hydrogen) atoms. The molecule has 6 heteroatoms. The van der Waals surface area contributed by atoms with E-state index in [2.05, 4.69) is 5.43 Å². The summed E-state index contributed by atoms with van der Waals surface area (Å²) in [7, 11) is 0. The van der Waals surface area contributed by atoms with Crippen LogP contribution in [0.2, 0.25) is 0 Å². The summed E-state index contributed by atoms with van der Waals surface area (Å²) in [4.78, 5) is 11.4. The summed E-state index contributed by atoms with van der Waals surface area (Å²) < 4.78 is 41.4. The molecule has 0 aliphatic carbocycles. The molecule has 3 nitrogen and oxygen atoms in total. The maximum Gasteiger partial charge on any atom is 0.409 e. The normalized spacial score (nSPS) is 17.3. The van der Waals surface area contributed by atoms with Gasteiger partial charge in [0.15, 0.2) is 0 Å². The highest BCUT2D eigenvalue weighted by atomic mass is 19.4. The highest BCUT2D eigenvalue weighted by Crippen LogP contribution is 2.39. The third-order valence-corrected chi connectivity index (χ3v) is 4.38. The molecule has 0 spiro atoms. The molecular weight excluding hydrogens is 329 g/mol. The van der Waals surface area contributed by atoms with Crippen LogP contribution in [0.1, 0.15) is 37.4 Å². The molecule has 1 heterocycles. The van der Waals surface area contributed by atoms with Crippen LogP contribution >= 0.6 is 0 Å². The van der Waals surface area contributed by atoms with Gasteiger partial charge in [-0.25, -0.2) is 5.01 Å². The first kappa shape index (κ1) is 17.7. The average Bonchev–Trinajstić information content (AvgIpc) is 2.91. The van der Waals surface area contributed by atoms with Crippen LogP contribution in [0.25, 0.3) is 10.8 Å². The van der Waals surface area contributed by atoms with Gasteiger partial charge in [0.05, 0.1) is 0 Å². The fourth-order valence-electron chi connectivity index (χ4n) is 3.42. The van der Waals surface area contributed by atoms with E-state index >= 15 is 0 Å². The molecule has 1 saturated heterocycles. The standard InChI is InChI=1S/C19H21F3N2O/c1-12(2)9-14-11-15(10-13-5-3-4-6-16(13)14)18(19(20,21)22)24-8-7-17(25)23-24/h3-6,10-12,18H,7-9H2,1-2H3,(H,23,25). The molecule has 0 bridgehead atoms. The van der Waals surface area contributed by atoms with E-state index < -0.39 is 12.2 Å². The molecule has 1 fully saturated rings. The Balaban J connectivity index is 2.12. The second-order valence-corrected chi connectivity index (χ2v) is 6.92. The molecular formula is C19H21F3N2O. The van der Waals surface area contributed by atoms with Crippen molar-refractivity contribution in [1.82, 2.24) is 10.4 Å². The Hall–Kier alpha value is -2.08. The Labute approximate surface area is 144 Å². The van der Waals surface area contributed by atoms with Crippen molar-refractivity contribution >= 4 is 16.7 Å². The first-order chi connectivity index (χ1) is 11.8. The molecule has 1 unspecified atom stereocenters. The number of carbonyl (C=O) groups excluding carboxylic acids is 1. The summed E-state index contributed by atoms with van der Waals surface area (Å²) in [5.74, 6) is -0.0491. The van der Waals surface area contributed by atoms with Gasteiger partial charge < -0.3 is 0 Å². The third kappa shape index (κ3) is 3.79. The van der Waals surface area contributed by atoms with Gasteiger partial charge in [0.2, 0.25) is 5.91 Å². The second-order valence-electron chi connectivity index (χ2n) is 6.92. The molecule has 0 saturated carbocycles. The average molecular weight is 350 g/mol. The minimum absolute atomic E-state index is 0.0509. The second kappa shape index (κ2) is 6.67. The predicted molar refractivity (Wildman–Crippen MR) is 90.8 cm³/mol. The van der Waals surface area contributed by atoms with Crippen molar-refractivity contribution in [2.75, 3.05) is 6.54 Å². The van der Waals surface area contributed by atoms with Crippen molar-refractivity contribution in [3.63, 3.8) is 0 Å². The van der Waals surface area contributed by atoms with E-state index in [1.807, 2.05) is 38.1 Å². The smallest absolute Gasteiger partial charge is 0.288 e. The summed E-state index contributed by atoms with van der Waals surface area (Å²) in [5.41, 5.74) is 3.42. The monoisotopic (exact) mass is 350 g/mol. The Kier molecular flexibility index (Phi) is 4.73. The number of carbonyl (C=O) groups is 1. The van der Waals surface area contributed by atoms with Crippen LogP contribution in [0.3, 0.4) is 0 Å². The molecule has 1 aliphatic heterocycles. The van der Waals surface area contributed by atoms with E-state index in [-0.39, 0.29) is 24.4 Å². The van der Waals surface area contributed by atoms with Crippen molar-refractivity contribution in [3.05, 3.63) is 47.5 Å². The number of nitrogens with one attached hydrogen (secondary N) is 1. The van der Waals surface area contributed by atoms with Crippen LogP contribution in [-0.4, -0.2) is 23.6 Å². The number of hydrazine groups is 1. The van der Waals surface area contributed by atoms with Gasteiger partial charge in [-0.1, -0.05) is 44.2 Å². The predicted octanol–water partition coefficient (Wildman–Crippen LogP) is 4.38. The number of nitrogens with zero attached hydrogens (tertiary/aromatic N) is 1. The topological polar surface area (TPSA) is 32.3 Å². The molecule has 0 aromatic heterocycles. The fraction of sp³-hybridized carbons (Fsp3) is 0.421. The fourth-order valence-corrected chi connectivity index (χ4v) is 3.42. The van der Waals surface area contributed by atoms with E-state index in [4.69, 9.17) is 0 Å². The van der Waals surface area contributed by atoms with Crippen LogP contribution < -0.4 is 5.43 Å². The van der Waals surface area contributed by atoms with Gasteiger partial charge in [0.25, 0.3) is 0 Å². The van der Waals surface area contributed by atoms with Gasteiger partial charge in [-0.2, -0.15) is 13.2 Å². The lowest BCUT2D eigenvalue weighted by atomic mass is 9.92. The van der Waals surface area contributed by atoms with E-state index in [0.717, 1.165) is 21.3 Å². The molecule has 134 valence electrons. The molecule has 2 aromatic carbocycles. The zero-order valence-electron chi connectivity index (χ0n) is 14.2. The lowest BCUT2D eigenvalue weighted by Gasteiger charge is -2.30. The van der Waals surface area contributed by atoms with Gasteiger partial charge in [-0.3, -0.25) is 10.2 Å². The Morgan fingerprint density at radius 2 is 1.92 bits per heavy atom. The zero-order valence-corrected chi connectivity index (χ0v) is 14.2. The SMILES string of the molecule is CC(C)Cc1cc(C(N2CCC(=O)N2)C(F)(F)F)cc2ccccc12. The van der Waals surface area contributed by atoms with Crippen molar-refractivity contribution in [2.24, 2.45) is 5.92 Å². The van der Waals surface area contributed by atoms with Gasteiger partial charge in [-0.05, 0) is 40.3 Å². The largest absolute Gasteiger partial charge is 0.409 e. The van der Waals surface area contributed by atoms with Crippen molar-refractivity contribution in [1.29, 1.82) is 0 Å². The van der Waals surface area contributed by atoms with E-state index in [0.29, 0.717) is 12.3 Å². The number of amides is 1. The molecule has 1 amide bonds. The van der Waals surface area contributed by atoms with E-state index in [1.165, 1.54) is 0 Å². The number of halogens is 3. The maximum absolute atomic E-state index is 13.8. The molecule has 1 atom stereocenters.